The Labute approximate surface area is 87.8 Å². The minimum Gasteiger partial charge on any atom is -0.478 e. The standard InChI is InChI=1S/C10H6F4O2/c1-5(9(15)16)6-2-7(10(12,13)14)4-8(11)3-6/h2-4H,1H2,(H,15,16). The highest BCUT2D eigenvalue weighted by Gasteiger charge is 2.31. The monoisotopic (exact) mass is 234 g/mol. The Kier molecular flexibility index (Phi) is 3.02. The number of hydrogen-bond acceptors (Lipinski definition) is 1. The van der Waals surface area contributed by atoms with E-state index in [1.165, 1.54) is 0 Å². The summed E-state index contributed by atoms with van der Waals surface area (Å²) in [6, 6.07) is 1.52. The molecule has 1 N–H and O–H groups in total. The third kappa shape index (κ3) is 2.59. The van der Waals surface area contributed by atoms with Gasteiger partial charge in [-0.2, -0.15) is 13.2 Å². The molecule has 0 atom stereocenters. The highest BCUT2D eigenvalue weighted by atomic mass is 19.4. The van der Waals surface area contributed by atoms with E-state index in [4.69, 9.17) is 5.11 Å². The van der Waals surface area contributed by atoms with Gasteiger partial charge < -0.3 is 5.11 Å². The van der Waals surface area contributed by atoms with Crippen molar-refractivity contribution in [2.24, 2.45) is 0 Å². The van der Waals surface area contributed by atoms with Crippen LogP contribution in [0.4, 0.5) is 17.6 Å². The van der Waals surface area contributed by atoms with Crippen molar-refractivity contribution in [3.05, 3.63) is 41.7 Å². The van der Waals surface area contributed by atoms with Gasteiger partial charge in [-0.25, -0.2) is 9.18 Å². The van der Waals surface area contributed by atoms with Crippen LogP contribution in [-0.2, 0) is 11.0 Å². The molecule has 86 valence electrons. The molecule has 0 bridgehead atoms. The molecule has 0 fully saturated rings. The van der Waals surface area contributed by atoms with Gasteiger partial charge in [0.1, 0.15) is 5.82 Å². The molecule has 0 aromatic heterocycles. The molecule has 0 amide bonds. The lowest BCUT2D eigenvalue weighted by Crippen LogP contribution is -2.07. The van der Waals surface area contributed by atoms with Crippen molar-refractivity contribution in [3.8, 4) is 0 Å². The Morgan fingerprint density at radius 1 is 1.25 bits per heavy atom. The lowest BCUT2D eigenvalue weighted by Gasteiger charge is -2.09. The first kappa shape index (κ1) is 12.2. The van der Waals surface area contributed by atoms with Crippen molar-refractivity contribution in [1.82, 2.24) is 0 Å². The molecule has 0 aliphatic heterocycles. The normalized spacial score (nSPS) is 11.2. The average Bonchev–Trinajstić information content (AvgIpc) is 2.14. The number of rotatable bonds is 2. The molecule has 1 aromatic carbocycles. The number of carbonyl (C=O) groups is 1. The van der Waals surface area contributed by atoms with Crippen molar-refractivity contribution in [1.29, 1.82) is 0 Å². The molecule has 0 saturated heterocycles. The number of alkyl halides is 3. The van der Waals surface area contributed by atoms with Crippen molar-refractivity contribution >= 4 is 11.5 Å². The topological polar surface area (TPSA) is 37.3 Å². The minimum absolute atomic E-state index is 0.290. The predicted octanol–water partition coefficient (Wildman–Crippen LogP) is 2.94. The van der Waals surface area contributed by atoms with E-state index in [0.29, 0.717) is 18.2 Å². The van der Waals surface area contributed by atoms with E-state index in [2.05, 4.69) is 6.58 Å². The molecule has 1 rings (SSSR count). The summed E-state index contributed by atoms with van der Waals surface area (Å²) in [5.74, 6) is -2.66. The number of aliphatic carboxylic acids is 1. The highest BCUT2D eigenvalue weighted by molar-refractivity contribution is 6.14. The molecule has 0 spiro atoms. The van der Waals surface area contributed by atoms with Gasteiger partial charge in [0.25, 0.3) is 0 Å². The maximum Gasteiger partial charge on any atom is 0.416 e. The fraction of sp³-hybridized carbons (Fsp3) is 0.100. The molecule has 0 saturated carbocycles. The molecule has 16 heavy (non-hydrogen) atoms. The molecular formula is C10H6F4O2. The van der Waals surface area contributed by atoms with Gasteiger partial charge in [-0.05, 0) is 23.8 Å². The zero-order valence-corrected chi connectivity index (χ0v) is 7.81. The summed E-state index contributed by atoms with van der Waals surface area (Å²) in [4.78, 5) is 10.5. The summed E-state index contributed by atoms with van der Waals surface area (Å²) in [5, 5.41) is 8.52. The predicted molar refractivity (Wildman–Crippen MR) is 48.1 cm³/mol. The molecule has 1 aromatic rings. The van der Waals surface area contributed by atoms with Gasteiger partial charge in [0.15, 0.2) is 0 Å². The lowest BCUT2D eigenvalue weighted by atomic mass is 10.0. The summed E-state index contributed by atoms with van der Waals surface area (Å²) >= 11 is 0. The van der Waals surface area contributed by atoms with Crippen LogP contribution in [0.3, 0.4) is 0 Å². The largest absolute Gasteiger partial charge is 0.478 e. The van der Waals surface area contributed by atoms with Crippen LogP contribution in [0.25, 0.3) is 5.57 Å². The van der Waals surface area contributed by atoms with E-state index in [1.54, 1.807) is 0 Å². The van der Waals surface area contributed by atoms with Crippen molar-refractivity contribution in [2.45, 2.75) is 6.18 Å². The van der Waals surface area contributed by atoms with Crippen molar-refractivity contribution in [2.75, 3.05) is 0 Å². The molecule has 0 aliphatic carbocycles. The van der Waals surface area contributed by atoms with E-state index in [-0.39, 0.29) is 0 Å². The molecule has 0 radical (unpaired) electrons. The Morgan fingerprint density at radius 3 is 2.25 bits per heavy atom. The van der Waals surface area contributed by atoms with E-state index >= 15 is 0 Å². The van der Waals surface area contributed by atoms with E-state index < -0.39 is 34.7 Å². The number of carboxylic acid groups (broad SMARTS) is 1. The Morgan fingerprint density at radius 2 is 1.81 bits per heavy atom. The highest BCUT2D eigenvalue weighted by Crippen LogP contribution is 2.31. The summed E-state index contributed by atoms with van der Waals surface area (Å²) in [6.07, 6.45) is -4.73. The van der Waals surface area contributed by atoms with Crippen LogP contribution >= 0.6 is 0 Å². The fourth-order valence-electron chi connectivity index (χ4n) is 1.05. The van der Waals surface area contributed by atoms with Gasteiger partial charge in [-0.1, -0.05) is 6.58 Å². The maximum atomic E-state index is 12.8. The second-order valence-electron chi connectivity index (χ2n) is 3.01. The van der Waals surface area contributed by atoms with Crippen LogP contribution in [-0.4, -0.2) is 11.1 Å². The maximum absolute atomic E-state index is 12.8. The summed E-state index contributed by atoms with van der Waals surface area (Å²) in [5.41, 5.74) is -2.24. The van der Waals surface area contributed by atoms with Gasteiger partial charge in [-0.15, -0.1) is 0 Å². The van der Waals surface area contributed by atoms with Crippen molar-refractivity contribution in [3.63, 3.8) is 0 Å². The van der Waals surface area contributed by atoms with Gasteiger partial charge in [-0.3, -0.25) is 0 Å². The zero-order valence-electron chi connectivity index (χ0n) is 7.81. The number of halogens is 4. The summed E-state index contributed by atoms with van der Waals surface area (Å²) < 4.78 is 49.7. The number of benzene rings is 1. The van der Waals surface area contributed by atoms with Crippen LogP contribution in [0.15, 0.2) is 24.8 Å². The van der Waals surface area contributed by atoms with Crippen LogP contribution < -0.4 is 0 Å². The lowest BCUT2D eigenvalue weighted by molar-refractivity contribution is -0.138. The van der Waals surface area contributed by atoms with Gasteiger partial charge in [0.2, 0.25) is 0 Å². The average molecular weight is 234 g/mol. The van der Waals surface area contributed by atoms with Crippen LogP contribution in [0.1, 0.15) is 11.1 Å². The first-order valence-electron chi connectivity index (χ1n) is 4.02. The number of carboxylic acids is 1. The summed E-state index contributed by atoms with van der Waals surface area (Å²) in [7, 11) is 0. The second-order valence-corrected chi connectivity index (χ2v) is 3.01. The van der Waals surface area contributed by atoms with Gasteiger partial charge >= 0.3 is 12.1 Å². The molecule has 0 heterocycles. The Bertz CT molecular complexity index is 449. The Balaban J connectivity index is 3.29. The third-order valence-electron chi connectivity index (χ3n) is 1.83. The summed E-state index contributed by atoms with van der Waals surface area (Å²) in [6.45, 7) is 3.06. The second kappa shape index (κ2) is 3.96. The molecule has 2 nitrogen and oxygen atoms in total. The minimum atomic E-state index is -4.73. The van der Waals surface area contributed by atoms with Crippen LogP contribution in [0.5, 0.6) is 0 Å². The zero-order chi connectivity index (χ0) is 12.5. The van der Waals surface area contributed by atoms with Crippen LogP contribution in [0.2, 0.25) is 0 Å². The van der Waals surface area contributed by atoms with Crippen LogP contribution in [0, 0.1) is 5.82 Å². The fourth-order valence-corrected chi connectivity index (χ4v) is 1.05. The molecule has 0 unspecified atom stereocenters. The van der Waals surface area contributed by atoms with E-state index in [9.17, 15) is 22.4 Å². The molecule has 0 aliphatic rings. The first-order valence-corrected chi connectivity index (χ1v) is 4.02. The molecule has 6 heteroatoms. The third-order valence-corrected chi connectivity index (χ3v) is 1.83. The Hall–Kier alpha value is -1.85. The quantitative estimate of drug-likeness (QED) is 0.631. The van der Waals surface area contributed by atoms with E-state index in [0.717, 1.165) is 0 Å². The first-order chi connectivity index (χ1) is 7.21. The van der Waals surface area contributed by atoms with E-state index in [1.807, 2.05) is 0 Å². The number of hydrogen-bond donors (Lipinski definition) is 1. The van der Waals surface area contributed by atoms with Gasteiger partial charge in [0.05, 0.1) is 11.1 Å². The molecular weight excluding hydrogens is 228 g/mol. The van der Waals surface area contributed by atoms with Crippen molar-refractivity contribution < 1.29 is 27.5 Å². The van der Waals surface area contributed by atoms with Gasteiger partial charge in [0, 0.05) is 0 Å². The SMILES string of the molecule is C=C(C(=O)O)c1cc(F)cc(C(F)(F)F)c1. The smallest absolute Gasteiger partial charge is 0.416 e.